The molecule has 26 heavy (non-hydrogen) atoms. The number of nitrogens with one attached hydrogen (secondary N) is 1. The number of hydrogen-bond acceptors (Lipinski definition) is 3. The molecule has 8 heteroatoms. The number of piperidine rings is 1. The molecule has 2 amide bonds. The van der Waals surface area contributed by atoms with Gasteiger partial charge in [0.1, 0.15) is 10.3 Å². The van der Waals surface area contributed by atoms with E-state index in [0.717, 1.165) is 32.4 Å². The Labute approximate surface area is 166 Å². The standard InChI is InChI=1S/C18H16Cl3N3O2/c19-13-5-4-11(18(26)24-6-2-1-3-7-24)8-14(13)22-17(25)12-9-15(20)23-16(21)10-12/h4-5,8-10H,1-3,6-7H2,(H,22,25). The molecule has 0 unspecified atom stereocenters. The Balaban J connectivity index is 1.81. The maximum Gasteiger partial charge on any atom is 0.255 e. The molecule has 2 heterocycles. The zero-order valence-corrected chi connectivity index (χ0v) is 16.0. The Hall–Kier alpha value is -1.82. The number of hydrogen-bond donors (Lipinski definition) is 1. The summed E-state index contributed by atoms with van der Waals surface area (Å²) in [5.41, 5.74) is 1.08. The van der Waals surface area contributed by atoms with Crippen LogP contribution in [0.15, 0.2) is 30.3 Å². The number of likely N-dealkylation sites (tertiary alicyclic amines) is 1. The Kier molecular flexibility index (Phi) is 6.01. The summed E-state index contributed by atoms with van der Waals surface area (Å²) in [6.07, 6.45) is 3.15. The summed E-state index contributed by atoms with van der Waals surface area (Å²) in [7, 11) is 0. The van der Waals surface area contributed by atoms with Crippen LogP contribution in [0.25, 0.3) is 0 Å². The number of aromatic nitrogens is 1. The molecule has 1 saturated heterocycles. The van der Waals surface area contributed by atoms with Crippen molar-refractivity contribution in [1.29, 1.82) is 0 Å². The molecule has 0 aliphatic carbocycles. The fourth-order valence-corrected chi connectivity index (χ4v) is 3.45. The fourth-order valence-electron chi connectivity index (χ4n) is 2.82. The zero-order valence-electron chi connectivity index (χ0n) is 13.8. The van der Waals surface area contributed by atoms with Gasteiger partial charge in [-0.3, -0.25) is 9.59 Å². The highest BCUT2D eigenvalue weighted by Crippen LogP contribution is 2.26. The number of rotatable bonds is 3. The molecule has 1 aliphatic heterocycles. The third kappa shape index (κ3) is 4.47. The lowest BCUT2D eigenvalue weighted by Gasteiger charge is -2.27. The normalized spacial score (nSPS) is 14.2. The first-order valence-corrected chi connectivity index (χ1v) is 9.31. The minimum absolute atomic E-state index is 0.0631. The van der Waals surface area contributed by atoms with E-state index in [9.17, 15) is 9.59 Å². The average molecular weight is 413 g/mol. The number of benzene rings is 1. The zero-order chi connectivity index (χ0) is 18.7. The summed E-state index contributed by atoms with van der Waals surface area (Å²) in [4.78, 5) is 30.7. The van der Waals surface area contributed by atoms with Gasteiger partial charge in [-0.25, -0.2) is 4.98 Å². The van der Waals surface area contributed by atoms with Crippen LogP contribution < -0.4 is 5.32 Å². The van der Waals surface area contributed by atoms with Crippen LogP contribution in [0.2, 0.25) is 15.3 Å². The number of pyridine rings is 1. The van der Waals surface area contributed by atoms with E-state index in [4.69, 9.17) is 34.8 Å². The summed E-state index contributed by atoms with van der Waals surface area (Å²) in [5, 5.41) is 3.25. The van der Waals surface area contributed by atoms with Gasteiger partial charge in [-0.15, -0.1) is 0 Å². The number of carbonyl (C=O) groups excluding carboxylic acids is 2. The van der Waals surface area contributed by atoms with Crippen molar-refractivity contribution in [2.75, 3.05) is 18.4 Å². The van der Waals surface area contributed by atoms with Crippen LogP contribution in [0.3, 0.4) is 0 Å². The summed E-state index contributed by atoms with van der Waals surface area (Å²) in [6.45, 7) is 1.49. The lowest BCUT2D eigenvalue weighted by molar-refractivity contribution is 0.0724. The summed E-state index contributed by atoms with van der Waals surface area (Å²) in [5.74, 6) is -0.507. The van der Waals surface area contributed by atoms with E-state index in [1.807, 2.05) is 4.90 Å². The molecule has 1 fully saturated rings. The molecule has 0 atom stereocenters. The first-order chi connectivity index (χ1) is 12.4. The maximum absolute atomic E-state index is 12.6. The Morgan fingerprint density at radius 1 is 0.923 bits per heavy atom. The molecule has 0 saturated carbocycles. The summed E-state index contributed by atoms with van der Waals surface area (Å²) in [6, 6.07) is 7.65. The lowest BCUT2D eigenvalue weighted by atomic mass is 10.1. The topological polar surface area (TPSA) is 62.3 Å². The van der Waals surface area contributed by atoms with Crippen molar-refractivity contribution in [2.24, 2.45) is 0 Å². The van der Waals surface area contributed by atoms with Crippen LogP contribution in [0, 0.1) is 0 Å². The number of halogens is 3. The summed E-state index contributed by atoms with van der Waals surface area (Å²) < 4.78 is 0. The fraction of sp³-hybridized carbons (Fsp3) is 0.278. The molecule has 0 spiro atoms. The van der Waals surface area contributed by atoms with E-state index in [2.05, 4.69) is 10.3 Å². The molecule has 0 radical (unpaired) electrons. The number of amides is 2. The van der Waals surface area contributed by atoms with Crippen LogP contribution in [-0.4, -0.2) is 34.8 Å². The van der Waals surface area contributed by atoms with Gasteiger partial charge < -0.3 is 10.2 Å². The minimum Gasteiger partial charge on any atom is -0.339 e. The van der Waals surface area contributed by atoms with E-state index in [0.29, 0.717) is 16.3 Å². The monoisotopic (exact) mass is 411 g/mol. The van der Waals surface area contributed by atoms with Crippen molar-refractivity contribution in [2.45, 2.75) is 19.3 Å². The van der Waals surface area contributed by atoms with Crippen LogP contribution in [0.5, 0.6) is 0 Å². The smallest absolute Gasteiger partial charge is 0.255 e. The van der Waals surface area contributed by atoms with Crippen LogP contribution >= 0.6 is 34.8 Å². The predicted molar refractivity (Wildman–Crippen MR) is 103 cm³/mol. The van der Waals surface area contributed by atoms with Crippen molar-refractivity contribution in [3.05, 3.63) is 56.8 Å². The van der Waals surface area contributed by atoms with Gasteiger partial charge in [0.05, 0.1) is 10.7 Å². The van der Waals surface area contributed by atoms with Gasteiger partial charge in [0.15, 0.2) is 0 Å². The molecule has 2 aromatic rings. The predicted octanol–water partition coefficient (Wildman–Crippen LogP) is 4.92. The first kappa shape index (κ1) is 19.0. The van der Waals surface area contributed by atoms with Gasteiger partial charge in [0, 0.05) is 24.2 Å². The Morgan fingerprint density at radius 2 is 1.58 bits per heavy atom. The van der Waals surface area contributed by atoms with Crippen LogP contribution in [-0.2, 0) is 0 Å². The molecule has 3 rings (SSSR count). The molecule has 1 aromatic carbocycles. The summed E-state index contributed by atoms with van der Waals surface area (Å²) >= 11 is 17.8. The number of carbonyl (C=O) groups is 2. The molecule has 1 aliphatic rings. The second-order valence-electron chi connectivity index (χ2n) is 6.00. The van der Waals surface area contributed by atoms with Crippen molar-refractivity contribution < 1.29 is 9.59 Å². The number of anilines is 1. The number of nitrogens with zero attached hydrogens (tertiary/aromatic N) is 2. The molecule has 136 valence electrons. The molecule has 5 nitrogen and oxygen atoms in total. The maximum atomic E-state index is 12.6. The Morgan fingerprint density at radius 3 is 2.23 bits per heavy atom. The van der Waals surface area contributed by atoms with Crippen molar-refractivity contribution in [3.8, 4) is 0 Å². The molecule has 0 bridgehead atoms. The van der Waals surface area contributed by atoms with E-state index in [1.54, 1.807) is 18.2 Å². The van der Waals surface area contributed by atoms with E-state index < -0.39 is 5.91 Å². The molecular weight excluding hydrogens is 397 g/mol. The average Bonchev–Trinajstić information content (AvgIpc) is 2.63. The van der Waals surface area contributed by atoms with Crippen LogP contribution in [0.1, 0.15) is 40.0 Å². The van der Waals surface area contributed by atoms with E-state index >= 15 is 0 Å². The highest BCUT2D eigenvalue weighted by atomic mass is 35.5. The van der Waals surface area contributed by atoms with Crippen molar-refractivity contribution >= 4 is 52.3 Å². The molecular formula is C18H16Cl3N3O2. The van der Waals surface area contributed by atoms with Crippen molar-refractivity contribution in [1.82, 2.24) is 9.88 Å². The second kappa shape index (κ2) is 8.25. The van der Waals surface area contributed by atoms with E-state index in [1.165, 1.54) is 12.1 Å². The second-order valence-corrected chi connectivity index (χ2v) is 7.18. The minimum atomic E-state index is -0.444. The van der Waals surface area contributed by atoms with Gasteiger partial charge >= 0.3 is 0 Å². The lowest BCUT2D eigenvalue weighted by Crippen LogP contribution is -2.35. The highest BCUT2D eigenvalue weighted by molar-refractivity contribution is 6.34. The van der Waals surface area contributed by atoms with Gasteiger partial charge in [-0.1, -0.05) is 34.8 Å². The molecule has 1 aromatic heterocycles. The third-order valence-corrected chi connectivity index (χ3v) is 4.85. The Bertz CT molecular complexity index is 831. The molecule has 1 N–H and O–H groups in total. The highest BCUT2D eigenvalue weighted by Gasteiger charge is 2.19. The van der Waals surface area contributed by atoms with Crippen LogP contribution in [0.4, 0.5) is 5.69 Å². The van der Waals surface area contributed by atoms with E-state index in [-0.39, 0.29) is 21.8 Å². The van der Waals surface area contributed by atoms with Gasteiger partial charge in [-0.05, 0) is 49.6 Å². The van der Waals surface area contributed by atoms with Gasteiger partial charge in [0.25, 0.3) is 11.8 Å². The SMILES string of the molecule is O=C(Nc1cc(C(=O)N2CCCCC2)ccc1Cl)c1cc(Cl)nc(Cl)c1. The first-order valence-electron chi connectivity index (χ1n) is 8.17. The largest absolute Gasteiger partial charge is 0.339 e. The third-order valence-electron chi connectivity index (χ3n) is 4.13. The van der Waals surface area contributed by atoms with Crippen molar-refractivity contribution in [3.63, 3.8) is 0 Å². The van der Waals surface area contributed by atoms with Gasteiger partial charge in [-0.2, -0.15) is 0 Å². The quantitative estimate of drug-likeness (QED) is 0.728. The van der Waals surface area contributed by atoms with Gasteiger partial charge in [0.2, 0.25) is 0 Å².